The van der Waals surface area contributed by atoms with Crippen LogP contribution in [0.15, 0.2) is 134 Å². The molecule has 0 atom stereocenters. The molecule has 0 aliphatic heterocycles. The standard InChI is InChI=1S/C38H23N3O/c42-36-13-4-3-9-32(36)34-21-27(25-15-14-23-7-1-2-8-24(23)19-25)20-33(40-34)26-16-17-28-29-10-5-11-30-31-12-6-18-39-38(31)41(37(29)30)35(28)22-26/h1-22,42H. The van der Waals surface area contributed by atoms with E-state index in [1.165, 1.54) is 32.4 Å². The van der Waals surface area contributed by atoms with E-state index in [4.69, 9.17) is 9.97 Å². The zero-order valence-corrected chi connectivity index (χ0v) is 22.5. The van der Waals surface area contributed by atoms with E-state index in [0.717, 1.165) is 44.6 Å². The number of phenols is 1. The molecule has 196 valence electrons. The van der Waals surface area contributed by atoms with Crippen molar-refractivity contribution in [1.29, 1.82) is 0 Å². The molecule has 0 spiro atoms. The Kier molecular flexibility index (Phi) is 4.73. The summed E-state index contributed by atoms with van der Waals surface area (Å²) in [4.78, 5) is 9.90. The van der Waals surface area contributed by atoms with Crippen molar-refractivity contribution < 1.29 is 5.11 Å². The van der Waals surface area contributed by atoms with Gasteiger partial charge in [-0.05, 0) is 70.4 Å². The highest BCUT2D eigenvalue weighted by molar-refractivity contribution is 6.22. The minimum Gasteiger partial charge on any atom is -0.507 e. The molecule has 0 fully saturated rings. The fourth-order valence-corrected chi connectivity index (χ4v) is 6.49. The van der Waals surface area contributed by atoms with E-state index < -0.39 is 0 Å². The van der Waals surface area contributed by atoms with Gasteiger partial charge in [-0.2, -0.15) is 0 Å². The van der Waals surface area contributed by atoms with Crippen molar-refractivity contribution in [3.8, 4) is 39.4 Å². The number of aromatic nitrogens is 3. The van der Waals surface area contributed by atoms with Crippen LogP contribution in [0, 0.1) is 0 Å². The molecule has 0 unspecified atom stereocenters. The van der Waals surface area contributed by atoms with E-state index in [-0.39, 0.29) is 5.75 Å². The molecule has 0 bridgehead atoms. The van der Waals surface area contributed by atoms with E-state index in [9.17, 15) is 5.11 Å². The second kappa shape index (κ2) is 8.63. The van der Waals surface area contributed by atoms with Crippen molar-refractivity contribution in [2.45, 2.75) is 0 Å². The second-order valence-corrected chi connectivity index (χ2v) is 10.8. The molecule has 0 aliphatic rings. The molecule has 5 aromatic carbocycles. The molecule has 4 aromatic heterocycles. The smallest absolute Gasteiger partial charge is 0.145 e. The maximum atomic E-state index is 10.8. The molecule has 0 aliphatic carbocycles. The second-order valence-electron chi connectivity index (χ2n) is 10.8. The van der Waals surface area contributed by atoms with Gasteiger partial charge in [0.25, 0.3) is 0 Å². The summed E-state index contributed by atoms with van der Waals surface area (Å²) in [5.41, 5.74) is 8.70. The molecule has 42 heavy (non-hydrogen) atoms. The van der Waals surface area contributed by atoms with Gasteiger partial charge in [-0.25, -0.2) is 9.97 Å². The lowest BCUT2D eigenvalue weighted by Gasteiger charge is -2.12. The van der Waals surface area contributed by atoms with Crippen LogP contribution < -0.4 is 0 Å². The zero-order valence-electron chi connectivity index (χ0n) is 22.5. The first-order chi connectivity index (χ1) is 20.7. The van der Waals surface area contributed by atoms with Gasteiger partial charge in [-0.1, -0.05) is 78.9 Å². The highest BCUT2D eigenvalue weighted by Gasteiger charge is 2.19. The number of hydrogen-bond donors (Lipinski definition) is 1. The van der Waals surface area contributed by atoms with Crippen LogP contribution in [-0.2, 0) is 0 Å². The van der Waals surface area contributed by atoms with E-state index in [2.05, 4.69) is 101 Å². The lowest BCUT2D eigenvalue weighted by atomic mass is 9.97. The maximum Gasteiger partial charge on any atom is 0.145 e. The summed E-state index contributed by atoms with van der Waals surface area (Å²) < 4.78 is 2.29. The summed E-state index contributed by atoms with van der Waals surface area (Å²) in [6.07, 6.45) is 1.86. The van der Waals surface area contributed by atoms with E-state index in [1.54, 1.807) is 6.07 Å². The average molecular weight is 538 g/mol. The van der Waals surface area contributed by atoms with Gasteiger partial charge < -0.3 is 5.11 Å². The summed E-state index contributed by atoms with van der Waals surface area (Å²) in [6, 6.07) is 43.8. The Morgan fingerprint density at radius 1 is 0.524 bits per heavy atom. The number of fused-ring (bicyclic) bond motifs is 7. The lowest BCUT2D eigenvalue weighted by molar-refractivity contribution is 0.477. The summed E-state index contributed by atoms with van der Waals surface area (Å²) >= 11 is 0. The average Bonchev–Trinajstić information content (AvgIpc) is 3.56. The molecule has 4 heterocycles. The van der Waals surface area contributed by atoms with E-state index >= 15 is 0 Å². The summed E-state index contributed by atoms with van der Waals surface area (Å²) in [5.74, 6) is 0.211. The number of rotatable bonds is 3. The third-order valence-corrected chi connectivity index (χ3v) is 8.46. The number of benzene rings is 5. The van der Waals surface area contributed by atoms with Crippen LogP contribution in [0.1, 0.15) is 0 Å². The molecule has 4 heteroatoms. The molecule has 0 saturated carbocycles. The molecule has 0 saturated heterocycles. The Bertz CT molecular complexity index is 2490. The summed E-state index contributed by atoms with van der Waals surface area (Å²) in [6.45, 7) is 0. The predicted molar refractivity (Wildman–Crippen MR) is 172 cm³/mol. The first-order valence-electron chi connectivity index (χ1n) is 14.1. The first kappa shape index (κ1) is 23.0. The van der Waals surface area contributed by atoms with Gasteiger partial charge in [0.2, 0.25) is 0 Å². The molecular weight excluding hydrogens is 514 g/mol. The van der Waals surface area contributed by atoms with Crippen molar-refractivity contribution in [2.24, 2.45) is 0 Å². The highest BCUT2D eigenvalue weighted by Crippen LogP contribution is 2.40. The van der Waals surface area contributed by atoms with Gasteiger partial charge >= 0.3 is 0 Å². The van der Waals surface area contributed by atoms with Crippen LogP contribution in [0.5, 0.6) is 5.75 Å². The minimum atomic E-state index is 0.211. The molecule has 4 nitrogen and oxygen atoms in total. The SMILES string of the molecule is Oc1ccccc1-c1cc(-c2ccc3ccccc3c2)cc(-c2ccc3c4cccc5c6cccnc6n(c3c2)c45)n1. The zero-order chi connectivity index (χ0) is 27.8. The van der Waals surface area contributed by atoms with Gasteiger partial charge in [0.1, 0.15) is 11.4 Å². The Hall–Kier alpha value is -5.74. The Labute approximate surface area is 241 Å². The first-order valence-corrected chi connectivity index (χ1v) is 14.1. The highest BCUT2D eigenvalue weighted by atomic mass is 16.3. The third-order valence-electron chi connectivity index (χ3n) is 8.46. The van der Waals surface area contributed by atoms with Crippen molar-refractivity contribution in [3.63, 3.8) is 0 Å². The van der Waals surface area contributed by atoms with E-state index in [1.807, 2.05) is 30.5 Å². The Balaban J connectivity index is 1.32. The van der Waals surface area contributed by atoms with Crippen molar-refractivity contribution >= 4 is 49.0 Å². The van der Waals surface area contributed by atoms with Crippen LogP contribution in [0.4, 0.5) is 0 Å². The van der Waals surface area contributed by atoms with E-state index in [0.29, 0.717) is 5.56 Å². The Morgan fingerprint density at radius 3 is 2.19 bits per heavy atom. The fraction of sp³-hybridized carbons (Fsp3) is 0. The van der Waals surface area contributed by atoms with Gasteiger partial charge in [-0.3, -0.25) is 4.40 Å². The number of pyridine rings is 2. The minimum absolute atomic E-state index is 0.211. The van der Waals surface area contributed by atoms with Crippen molar-refractivity contribution in [2.75, 3.05) is 0 Å². The van der Waals surface area contributed by atoms with Crippen molar-refractivity contribution in [3.05, 3.63) is 134 Å². The number of phenolic OH excluding ortho intramolecular Hbond substituents is 1. The maximum absolute atomic E-state index is 10.8. The molecule has 0 radical (unpaired) electrons. The van der Waals surface area contributed by atoms with Gasteiger partial charge in [0.05, 0.1) is 22.4 Å². The van der Waals surface area contributed by atoms with Crippen LogP contribution in [0.2, 0.25) is 0 Å². The van der Waals surface area contributed by atoms with Gasteiger partial charge in [-0.15, -0.1) is 0 Å². The fourth-order valence-electron chi connectivity index (χ4n) is 6.49. The lowest BCUT2D eigenvalue weighted by Crippen LogP contribution is -1.92. The van der Waals surface area contributed by atoms with Crippen LogP contribution in [0.3, 0.4) is 0 Å². The number of para-hydroxylation sites is 2. The normalized spacial score (nSPS) is 11.9. The number of aromatic hydroxyl groups is 1. The predicted octanol–water partition coefficient (Wildman–Crippen LogP) is 9.49. The van der Waals surface area contributed by atoms with Crippen LogP contribution in [-0.4, -0.2) is 19.5 Å². The molecule has 1 N–H and O–H groups in total. The van der Waals surface area contributed by atoms with Gasteiger partial charge in [0, 0.05) is 38.9 Å². The molecule has 0 amide bonds. The number of nitrogens with zero attached hydrogens (tertiary/aromatic N) is 3. The van der Waals surface area contributed by atoms with Crippen LogP contribution in [0.25, 0.3) is 82.6 Å². The largest absolute Gasteiger partial charge is 0.507 e. The molecule has 9 aromatic rings. The summed E-state index contributed by atoms with van der Waals surface area (Å²) in [7, 11) is 0. The monoisotopic (exact) mass is 537 g/mol. The molecule has 9 rings (SSSR count). The third kappa shape index (κ3) is 3.29. The summed E-state index contributed by atoms with van der Waals surface area (Å²) in [5, 5.41) is 17.9. The Morgan fingerprint density at radius 2 is 1.29 bits per heavy atom. The van der Waals surface area contributed by atoms with Gasteiger partial charge in [0.15, 0.2) is 0 Å². The quantitative estimate of drug-likeness (QED) is 0.244. The number of hydrogen-bond acceptors (Lipinski definition) is 3. The topological polar surface area (TPSA) is 50.4 Å². The van der Waals surface area contributed by atoms with Crippen LogP contribution >= 0.6 is 0 Å². The molecular formula is C38H23N3O. The van der Waals surface area contributed by atoms with Crippen molar-refractivity contribution in [1.82, 2.24) is 14.4 Å².